The minimum atomic E-state index is 0.250. The largest absolute Gasteiger partial charge is 0.436 e. The fraction of sp³-hybridized carbons (Fsp3) is 0. The van der Waals surface area contributed by atoms with Gasteiger partial charge in [-0.25, -0.2) is 0 Å². The number of aromatic nitrogens is 3. The number of hydrogen-bond acceptors (Lipinski definition) is 5. The molecule has 1 N–H and O–H groups in total. The van der Waals surface area contributed by atoms with Crippen LogP contribution in [0.1, 0.15) is 0 Å². The Morgan fingerprint density at radius 3 is 2.09 bits per heavy atom. The Morgan fingerprint density at radius 2 is 1.57 bits per heavy atom. The molecule has 0 atom stereocenters. The molecule has 0 aliphatic heterocycles. The molecule has 6 nitrogen and oxygen atoms in total. The van der Waals surface area contributed by atoms with Gasteiger partial charge in [0, 0.05) is 10.0 Å². The van der Waals surface area contributed by atoms with Crippen LogP contribution in [0.3, 0.4) is 0 Å². The number of H-pyrrole nitrogens is 1. The van der Waals surface area contributed by atoms with Crippen LogP contribution in [0, 0.1) is 0 Å². The molecule has 3 rings (SSSR count). The summed E-state index contributed by atoms with van der Waals surface area (Å²) < 4.78 is 5.50. The van der Waals surface area contributed by atoms with Crippen LogP contribution < -0.4 is 4.74 Å². The SMILES string of the molecule is Clc1cc(Cl)cc(-c2ccc(Oc3cn[nH]n3)cc2)c1.O=C=O. The molecule has 2 aromatic carbocycles. The Hall–Kier alpha value is -2.66. The molecule has 1 heterocycles. The lowest BCUT2D eigenvalue weighted by molar-refractivity contribution is -0.191. The minimum Gasteiger partial charge on any atom is -0.436 e. The number of benzene rings is 2. The first-order chi connectivity index (χ1) is 11.1. The lowest BCUT2D eigenvalue weighted by Gasteiger charge is -2.05. The van der Waals surface area contributed by atoms with Crippen molar-refractivity contribution in [1.29, 1.82) is 0 Å². The van der Waals surface area contributed by atoms with E-state index in [0.29, 0.717) is 21.7 Å². The van der Waals surface area contributed by atoms with E-state index in [4.69, 9.17) is 37.5 Å². The quantitative estimate of drug-likeness (QED) is 0.772. The van der Waals surface area contributed by atoms with Crippen LogP contribution in [0.4, 0.5) is 0 Å². The monoisotopic (exact) mass is 349 g/mol. The van der Waals surface area contributed by atoms with Gasteiger partial charge in [0.25, 0.3) is 5.88 Å². The Bertz CT molecular complexity index is 779. The number of aromatic amines is 1. The van der Waals surface area contributed by atoms with Crippen molar-refractivity contribution >= 4 is 29.4 Å². The fourth-order valence-electron chi connectivity index (χ4n) is 1.80. The van der Waals surface area contributed by atoms with E-state index < -0.39 is 0 Å². The molecule has 0 spiro atoms. The average molecular weight is 350 g/mol. The van der Waals surface area contributed by atoms with E-state index in [-0.39, 0.29) is 6.15 Å². The molecule has 0 aliphatic rings. The molecule has 0 amide bonds. The lowest BCUT2D eigenvalue weighted by atomic mass is 10.1. The third-order valence-corrected chi connectivity index (χ3v) is 3.10. The Balaban J connectivity index is 0.000000595. The Labute approximate surface area is 141 Å². The van der Waals surface area contributed by atoms with Crippen molar-refractivity contribution in [3.05, 3.63) is 58.7 Å². The van der Waals surface area contributed by atoms with Crippen LogP contribution in [-0.4, -0.2) is 21.6 Å². The maximum Gasteiger partial charge on any atom is 0.373 e. The average Bonchev–Trinajstić information content (AvgIpc) is 3.01. The van der Waals surface area contributed by atoms with E-state index in [1.165, 1.54) is 6.20 Å². The number of rotatable bonds is 3. The summed E-state index contributed by atoms with van der Waals surface area (Å²) in [4.78, 5) is 16.2. The van der Waals surface area contributed by atoms with Gasteiger partial charge in [0.1, 0.15) is 11.9 Å². The van der Waals surface area contributed by atoms with E-state index in [0.717, 1.165) is 11.1 Å². The van der Waals surface area contributed by atoms with Gasteiger partial charge >= 0.3 is 6.15 Å². The highest BCUT2D eigenvalue weighted by Gasteiger charge is 2.03. The highest BCUT2D eigenvalue weighted by atomic mass is 35.5. The molecule has 0 saturated carbocycles. The molecule has 1 aromatic heterocycles. The summed E-state index contributed by atoms with van der Waals surface area (Å²) in [5.74, 6) is 1.10. The van der Waals surface area contributed by atoms with Crippen molar-refractivity contribution in [2.24, 2.45) is 0 Å². The molecule has 0 unspecified atom stereocenters. The fourth-order valence-corrected chi connectivity index (χ4v) is 2.32. The van der Waals surface area contributed by atoms with Gasteiger partial charge in [-0.3, -0.25) is 0 Å². The molecule has 116 valence electrons. The number of halogens is 2. The van der Waals surface area contributed by atoms with Gasteiger partial charge in [0.2, 0.25) is 0 Å². The summed E-state index contributed by atoms with van der Waals surface area (Å²) in [6.45, 7) is 0. The maximum absolute atomic E-state index is 8.12. The van der Waals surface area contributed by atoms with Crippen molar-refractivity contribution in [3.63, 3.8) is 0 Å². The molecule has 0 aliphatic carbocycles. The van der Waals surface area contributed by atoms with Gasteiger partial charge in [-0.2, -0.15) is 19.9 Å². The van der Waals surface area contributed by atoms with Gasteiger partial charge < -0.3 is 4.74 Å². The third kappa shape index (κ3) is 4.93. The van der Waals surface area contributed by atoms with Gasteiger partial charge in [-0.1, -0.05) is 35.3 Å². The van der Waals surface area contributed by atoms with Crippen LogP contribution in [0.5, 0.6) is 11.6 Å². The normalized spacial score (nSPS) is 9.48. The third-order valence-electron chi connectivity index (χ3n) is 2.67. The molecule has 0 bridgehead atoms. The molecular weight excluding hydrogens is 341 g/mol. The van der Waals surface area contributed by atoms with Gasteiger partial charge in [-0.15, -0.1) is 5.10 Å². The first-order valence-corrected chi connectivity index (χ1v) is 6.97. The van der Waals surface area contributed by atoms with Gasteiger partial charge in [0.05, 0.1) is 0 Å². The first-order valence-electron chi connectivity index (χ1n) is 6.22. The number of nitrogens with zero attached hydrogens (tertiary/aromatic N) is 2. The summed E-state index contributed by atoms with van der Waals surface area (Å²) in [7, 11) is 0. The number of ether oxygens (including phenoxy) is 1. The zero-order valence-corrected chi connectivity index (χ0v) is 13.0. The number of carbonyl (C=O) groups excluding carboxylic acids is 2. The summed E-state index contributed by atoms with van der Waals surface area (Å²) in [5.41, 5.74) is 1.96. The molecule has 23 heavy (non-hydrogen) atoms. The number of hydrogen-bond donors (Lipinski definition) is 1. The molecule has 3 aromatic rings. The highest BCUT2D eigenvalue weighted by molar-refractivity contribution is 6.35. The van der Waals surface area contributed by atoms with E-state index in [1.807, 2.05) is 36.4 Å². The van der Waals surface area contributed by atoms with Crippen LogP contribution >= 0.6 is 23.2 Å². The molecule has 8 heteroatoms. The second kappa shape index (κ2) is 8.10. The Kier molecular flexibility index (Phi) is 5.88. The standard InChI is InChI=1S/C14H9Cl2N3O.CO2/c15-11-5-10(6-12(16)7-11)9-1-3-13(4-2-9)20-14-8-17-19-18-14;2-1-3/h1-8H,(H,17,18,19);. The molecule has 0 saturated heterocycles. The second-order valence-electron chi connectivity index (χ2n) is 4.18. The predicted octanol–water partition coefficient (Wildman–Crippen LogP) is 3.99. The molecule has 0 fully saturated rings. The van der Waals surface area contributed by atoms with Crippen LogP contribution in [-0.2, 0) is 9.59 Å². The summed E-state index contributed by atoms with van der Waals surface area (Å²) in [5, 5.41) is 11.2. The number of nitrogens with one attached hydrogen (secondary N) is 1. The summed E-state index contributed by atoms with van der Waals surface area (Å²) in [6, 6.07) is 13.0. The minimum absolute atomic E-state index is 0.250. The smallest absolute Gasteiger partial charge is 0.373 e. The lowest BCUT2D eigenvalue weighted by Crippen LogP contribution is -1.85. The van der Waals surface area contributed by atoms with Crippen molar-refractivity contribution in [3.8, 4) is 22.8 Å². The molecular formula is C15H9Cl2N3O3. The van der Waals surface area contributed by atoms with E-state index in [9.17, 15) is 0 Å². The van der Waals surface area contributed by atoms with E-state index in [2.05, 4.69) is 15.4 Å². The molecule has 0 radical (unpaired) electrons. The van der Waals surface area contributed by atoms with Crippen molar-refractivity contribution in [2.45, 2.75) is 0 Å². The van der Waals surface area contributed by atoms with Crippen LogP contribution in [0.25, 0.3) is 11.1 Å². The summed E-state index contributed by atoms with van der Waals surface area (Å²) >= 11 is 12.0. The van der Waals surface area contributed by atoms with Gasteiger partial charge in [-0.05, 0) is 41.5 Å². The van der Waals surface area contributed by atoms with E-state index >= 15 is 0 Å². The van der Waals surface area contributed by atoms with E-state index in [1.54, 1.807) is 6.07 Å². The van der Waals surface area contributed by atoms with Crippen LogP contribution in [0.2, 0.25) is 10.0 Å². The summed E-state index contributed by atoms with van der Waals surface area (Å²) in [6.07, 6.45) is 1.75. The topological polar surface area (TPSA) is 84.9 Å². The zero-order chi connectivity index (χ0) is 16.7. The second-order valence-corrected chi connectivity index (χ2v) is 5.05. The van der Waals surface area contributed by atoms with Crippen molar-refractivity contribution in [1.82, 2.24) is 15.4 Å². The Morgan fingerprint density at radius 1 is 0.957 bits per heavy atom. The first kappa shape index (κ1) is 16.7. The highest BCUT2D eigenvalue weighted by Crippen LogP contribution is 2.29. The van der Waals surface area contributed by atoms with Crippen LogP contribution in [0.15, 0.2) is 48.7 Å². The van der Waals surface area contributed by atoms with Gasteiger partial charge in [0.15, 0.2) is 0 Å². The zero-order valence-electron chi connectivity index (χ0n) is 11.5. The maximum atomic E-state index is 8.12. The van der Waals surface area contributed by atoms with Crippen molar-refractivity contribution < 1.29 is 14.3 Å². The van der Waals surface area contributed by atoms with Crippen molar-refractivity contribution in [2.75, 3.05) is 0 Å². The predicted molar refractivity (Wildman–Crippen MR) is 83.4 cm³/mol.